The van der Waals surface area contributed by atoms with Crippen molar-refractivity contribution in [2.45, 2.75) is 25.6 Å². The van der Waals surface area contributed by atoms with E-state index in [1.807, 2.05) is 0 Å². The van der Waals surface area contributed by atoms with Gasteiger partial charge >= 0.3 is 0 Å². The van der Waals surface area contributed by atoms with Crippen molar-refractivity contribution in [1.82, 2.24) is 5.32 Å². The fourth-order valence-corrected chi connectivity index (χ4v) is 1.72. The number of nitrogens with one attached hydrogen (secondary N) is 1. The van der Waals surface area contributed by atoms with Crippen LogP contribution in [0.4, 0.5) is 5.69 Å². The normalized spacial score (nSPS) is 24.6. The van der Waals surface area contributed by atoms with E-state index in [9.17, 15) is 10.1 Å². The van der Waals surface area contributed by atoms with Crippen molar-refractivity contribution < 1.29 is 9.66 Å². The number of ether oxygens (including phenoxy) is 1. The van der Waals surface area contributed by atoms with Crippen molar-refractivity contribution in [2.24, 2.45) is 0 Å². The van der Waals surface area contributed by atoms with Gasteiger partial charge in [-0.2, -0.15) is 0 Å². The summed E-state index contributed by atoms with van der Waals surface area (Å²) in [5.41, 5.74) is 1.04. The number of nitro groups is 1. The second-order valence-corrected chi connectivity index (χ2v) is 3.83. The van der Waals surface area contributed by atoms with E-state index in [1.165, 1.54) is 12.1 Å². The van der Waals surface area contributed by atoms with Gasteiger partial charge in [0.25, 0.3) is 5.69 Å². The monoisotopic (exact) mass is 222 g/mol. The average Bonchev–Trinajstić information content (AvgIpc) is 2.77. The number of hydrogen-bond acceptors (Lipinski definition) is 4. The lowest BCUT2D eigenvalue weighted by molar-refractivity contribution is -0.384. The lowest BCUT2D eigenvalue weighted by atomic mass is 10.2. The summed E-state index contributed by atoms with van der Waals surface area (Å²) in [7, 11) is 0. The summed E-state index contributed by atoms with van der Waals surface area (Å²) in [6.45, 7) is 2.79. The van der Waals surface area contributed by atoms with Gasteiger partial charge in [-0.3, -0.25) is 15.4 Å². The van der Waals surface area contributed by atoms with E-state index in [4.69, 9.17) is 4.74 Å². The summed E-state index contributed by atoms with van der Waals surface area (Å²) in [6, 6.07) is 6.83. The van der Waals surface area contributed by atoms with Gasteiger partial charge in [-0.1, -0.05) is 6.92 Å². The molecule has 2 atom stereocenters. The Balaban J connectivity index is 2.08. The number of non-ortho nitro benzene ring substituents is 1. The fourth-order valence-electron chi connectivity index (χ4n) is 1.72. The van der Waals surface area contributed by atoms with Crippen molar-refractivity contribution >= 4 is 5.69 Å². The molecule has 1 fully saturated rings. The molecule has 86 valence electrons. The zero-order chi connectivity index (χ0) is 11.5. The maximum Gasteiger partial charge on any atom is 0.269 e. The molecular weight excluding hydrogens is 208 g/mol. The van der Waals surface area contributed by atoms with Gasteiger partial charge in [0.1, 0.15) is 6.23 Å². The summed E-state index contributed by atoms with van der Waals surface area (Å²) in [6.07, 6.45) is 0.884. The standard InChI is InChI=1S/C11H14N2O3/c1-2-9-7-16-11(12-9)8-3-5-10(6-4-8)13(14)15/h3-6,9,11-12H,2,7H2,1H3/t9-,11-/m0/s1. The van der Waals surface area contributed by atoms with Crippen molar-refractivity contribution in [3.05, 3.63) is 39.9 Å². The van der Waals surface area contributed by atoms with Gasteiger partial charge in [-0.05, 0) is 24.1 Å². The summed E-state index contributed by atoms with van der Waals surface area (Å²) in [4.78, 5) is 10.1. The van der Waals surface area contributed by atoms with Crippen LogP contribution in [0.5, 0.6) is 0 Å². The van der Waals surface area contributed by atoms with E-state index in [0.717, 1.165) is 12.0 Å². The zero-order valence-electron chi connectivity index (χ0n) is 9.05. The van der Waals surface area contributed by atoms with Gasteiger partial charge < -0.3 is 4.74 Å². The molecule has 0 aliphatic carbocycles. The first kappa shape index (κ1) is 11.0. The third-order valence-corrected chi connectivity index (χ3v) is 2.75. The van der Waals surface area contributed by atoms with Crippen molar-refractivity contribution in [2.75, 3.05) is 6.61 Å². The second-order valence-electron chi connectivity index (χ2n) is 3.83. The first-order chi connectivity index (χ1) is 7.70. The summed E-state index contributed by atoms with van der Waals surface area (Å²) in [5, 5.41) is 13.8. The SMILES string of the molecule is CC[C@H]1CO[C@@H](c2ccc([N+](=O)[O-])cc2)N1. The number of hydrogen-bond donors (Lipinski definition) is 1. The van der Waals surface area contributed by atoms with Gasteiger partial charge in [-0.25, -0.2) is 0 Å². The molecule has 0 saturated carbocycles. The number of nitrogens with zero attached hydrogens (tertiary/aromatic N) is 1. The average molecular weight is 222 g/mol. The molecule has 2 rings (SSSR count). The lowest BCUT2D eigenvalue weighted by Crippen LogP contribution is -2.24. The predicted molar refractivity (Wildman–Crippen MR) is 59.0 cm³/mol. The Morgan fingerprint density at radius 2 is 2.19 bits per heavy atom. The molecule has 1 aromatic rings. The quantitative estimate of drug-likeness (QED) is 0.627. The van der Waals surface area contributed by atoms with Crippen LogP contribution in [0.25, 0.3) is 0 Å². The van der Waals surface area contributed by atoms with E-state index in [0.29, 0.717) is 12.6 Å². The van der Waals surface area contributed by atoms with Crippen LogP contribution in [0.15, 0.2) is 24.3 Å². The third-order valence-electron chi connectivity index (χ3n) is 2.75. The Labute approximate surface area is 93.6 Å². The molecule has 5 heteroatoms. The molecule has 1 aromatic carbocycles. The Morgan fingerprint density at radius 1 is 1.50 bits per heavy atom. The van der Waals surface area contributed by atoms with Gasteiger partial charge in [-0.15, -0.1) is 0 Å². The van der Waals surface area contributed by atoms with E-state index in [1.54, 1.807) is 12.1 Å². The number of rotatable bonds is 3. The molecule has 1 heterocycles. The summed E-state index contributed by atoms with van der Waals surface area (Å²) < 4.78 is 5.56. The number of benzene rings is 1. The molecular formula is C11H14N2O3. The Hall–Kier alpha value is -1.46. The molecule has 16 heavy (non-hydrogen) atoms. The zero-order valence-corrected chi connectivity index (χ0v) is 9.05. The highest BCUT2D eigenvalue weighted by atomic mass is 16.6. The van der Waals surface area contributed by atoms with Crippen LogP contribution < -0.4 is 5.32 Å². The van der Waals surface area contributed by atoms with E-state index >= 15 is 0 Å². The molecule has 0 spiro atoms. The van der Waals surface area contributed by atoms with Gasteiger partial charge in [0.2, 0.25) is 0 Å². The minimum atomic E-state index is -0.401. The smallest absolute Gasteiger partial charge is 0.269 e. The highest BCUT2D eigenvalue weighted by molar-refractivity contribution is 5.33. The van der Waals surface area contributed by atoms with Crippen molar-refractivity contribution in [1.29, 1.82) is 0 Å². The van der Waals surface area contributed by atoms with Gasteiger partial charge in [0, 0.05) is 18.2 Å². The lowest BCUT2D eigenvalue weighted by Gasteiger charge is -2.11. The molecule has 0 amide bonds. The molecule has 1 N–H and O–H groups in total. The molecule has 0 radical (unpaired) electrons. The summed E-state index contributed by atoms with van der Waals surface area (Å²) >= 11 is 0. The molecule has 0 unspecified atom stereocenters. The van der Waals surface area contributed by atoms with Crippen LogP contribution in [0.3, 0.4) is 0 Å². The van der Waals surface area contributed by atoms with Crippen molar-refractivity contribution in [3.63, 3.8) is 0 Å². The Kier molecular flexibility index (Phi) is 3.17. The molecule has 5 nitrogen and oxygen atoms in total. The minimum absolute atomic E-state index is 0.105. The minimum Gasteiger partial charge on any atom is -0.357 e. The van der Waals surface area contributed by atoms with Crippen LogP contribution in [0.1, 0.15) is 25.1 Å². The maximum absolute atomic E-state index is 10.5. The highest BCUT2D eigenvalue weighted by Gasteiger charge is 2.24. The predicted octanol–water partition coefficient (Wildman–Crippen LogP) is 1.99. The summed E-state index contributed by atoms with van der Waals surface area (Å²) in [5.74, 6) is 0. The van der Waals surface area contributed by atoms with Crippen LogP contribution >= 0.6 is 0 Å². The van der Waals surface area contributed by atoms with Crippen LogP contribution in [0.2, 0.25) is 0 Å². The Morgan fingerprint density at radius 3 is 2.69 bits per heavy atom. The maximum atomic E-state index is 10.5. The largest absolute Gasteiger partial charge is 0.357 e. The second kappa shape index (κ2) is 4.59. The van der Waals surface area contributed by atoms with E-state index < -0.39 is 4.92 Å². The molecule has 0 aromatic heterocycles. The van der Waals surface area contributed by atoms with Gasteiger partial charge in [0.05, 0.1) is 11.5 Å². The first-order valence-corrected chi connectivity index (χ1v) is 5.32. The fraction of sp³-hybridized carbons (Fsp3) is 0.455. The third kappa shape index (κ3) is 2.20. The molecule has 1 saturated heterocycles. The molecule has 1 aliphatic rings. The van der Waals surface area contributed by atoms with Crippen LogP contribution in [0, 0.1) is 10.1 Å². The molecule has 0 bridgehead atoms. The van der Waals surface area contributed by atoms with E-state index in [-0.39, 0.29) is 11.9 Å². The Bertz CT molecular complexity index is 377. The molecule has 1 aliphatic heterocycles. The first-order valence-electron chi connectivity index (χ1n) is 5.32. The topological polar surface area (TPSA) is 64.4 Å². The van der Waals surface area contributed by atoms with E-state index in [2.05, 4.69) is 12.2 Å². The number of nitro benzene ring substituents is 1. The van der Waals surface area contributed by atoms with Crippen molar-refractivity contribution in [3.8, 4) is 0 Å². The van der Waals surface area contributed by atoms with Gasteiger partial charge in [0.15, 0.2) is 0 Å². The van der Waals surface area contributed by atoms with Crippen LogP contribution in [-0.2, 0) is 4.74 Å². The highest BCUT2D eigenvalue weighted by Crippen LogP contribution is 2.23. The van der Waals surface area contributed by atoms with Crippen LogP contribution in [-0.4, -0.2) is 17.6 Å².